The monoisotopic (exact) mass is 150 g/mol. The molecule has 0 aromatic rings. The molecule has 0 aromatic carbocycles. The quantitative estimate of drug-likeness (QED) is 0.637. The van der Waals surface area contributed by atoms with E-state index < -0.39 is 0 Å². The highest BCUT2D eigenvalue weighted by atomic mass is 14.8. The predicted octanol–water partition coefficient (Wildman–Crippen LogP) is 0.997. The van der Waals surface area contributed by atoms with Gasteiger partial charge in [-0.3, -0.25) is 4.99 Å². The van der Waals surface area contributed by atoms with Gasteiger partial charge in [0.25, 0.3) is 0 Å². The second kappa shape index (κ2) is 2.78. The van der Waals surface area contributed by atoms with E-state index in [0.29, 0.717) is 0 Å². The van der Waals surface area contributed by atoms with Gasteiger partial charge in [0.2, 0.25) is 0 Å². The number of aliphatic imine (C=N–C) groups is 1. The van der Waals surface area contributed by atoms with E-state index in [1.807, 2.05) is 7.05 Å². The van der Waals surface area contributed by atoms with E-state index in [1.54, 1.807) is 0 Å². The number of rotatable bonds is 3. The first-order chi connectivity index (χ1) is 5.40. The summed E-state index contributed by atoms with van der Waals surface area (Å²) in [6.07, 6.45) is 5.00. The summed E-state index contributed by atoms with van der Waals surface area (Å²) in [6.45, 7) is 1.94. The molecule has 2 aliphatic rings. The maximum atomic E-state index is 4.48. The molecule has 2 nitrogen and oxygen atoms in total. The Bertz CT molecular complexity index is 212. The molecule has 0 aromatic heterocycles. The summed E-state index contributed by atoms with van der Waals surface area (Å²) in [7, 11) is 1.98. The van der Waals surface area contributed by atoms with Crippen LogP contribution in [-0.2, 0) is 0 Å². The first kappa shape index (κ1) is 7.04. The topological polar surface area (TPSA) is 24.4 Å². The van der Waals surface area contributed by atoms with E-state index in [9.17, 15) is 0 Å². The number of allylic oxidation sites excluding steroid dienone is 1. The molecule has 0 spiro atoms. The Hall–Kier alpha value is -0.630. The van der Waals surface area contributed by atoms with Crippen LogP contribution in [0.3, 0.4) is 0 Å². The number of hydrogen-bond acceptors (Lipinski definition) is 2. The molecule has 11 heavy (non-hydrogen) atoms. The SMILES string of the molecule is CNCC1=CC(C2CC2)=NC1. The van der Waals surface area contributed by atoms with Crippen molar-refractivity contribution < 1.29 is 0 Å². The van der Waals surface area contributed by atoms with Gasteiger partial charge in [0.15, 0.2) is 0 Å². The van der Waals surface area contributed by atoms with Crippen LogP contribution >= 0.6 is 0 Å². The molecule has 0 saturated heterocycles. The van der Waals surface area contributed by atoms with Gasteiger partial charge in [-0.1, -0.05) is 0 Å². The van der Waals surface area contributed by atoms with Crippen LogP contribution in [0.25, 0.3) is 0 Å². The Labute approximate surface area is 67.4 Å². The van der Waals surface area contributed by atoms with Gasteiger partial charge in [0, 0.05) is 18.2 Å². The third-order valence-electron chi connectivity index (χ3n) is 2.22. The van der Waals surface area contributed by atoms with Crippen LogP contribution in [0.2, 0.25) is 0 Å². The number of likely N-dealkylation sites (N-methyl/N-ethyl adjacent to an activating group) is 1. The summed E-state index contributed by atoms with van der Waals surface area (Å²) >= 11 is 0. The van der Waals surface area contributed by atoms with Crippen LogP contribution in [0.5, 0.6) is 0 Å². The van der Waals surface area contributed by atoms with Crippen LogP contribution in [0, 0.1) is 5.92 Å². The molecule has 1 saturated carbocycles. The summed E-state index contributed by atoms with van der Waals surface area (Å²) in [5, 5.41) is 3.15. The zero-order valence-corrected chi connectivity index (χ0v) is 6.93. The van der Waals surface area contributed by atoms with Crippen molar-refractivity contribution >= 4 is 5.71 Å². The molecule has 0 radical (unpaired) electrons. The van der Waals surface area contributed by atoms with Gasteiger partial charge in [-0.15, -0.1) is 0 Å². The Morgan fingerprint density at radius 1 is 1.64 bits per heavy atom. The molecule has 2 heteroatoms. The average Bonchev–Trinajstić information content (AvgIpc) is 2.75. The van der Waals surface area contributed by atoms with Gasteiger partial charge in [-0.05, 0) is 31.5 Å². The summed E-state index contributed by atoms with van der Waals surface area (Å²) in [5.41, 5.74) is 2.80. The Balaban J connectivity index is 1.94. The summed E-state index contributed by atoms with van der Waals surface area (Å²) in [4.78, 5) is 4.48. The third-order valence-corrected chi connectivity index (χ3v) is 2.22. The molecule has 1 aliphatic heterocycles. The van der Waals surface area contributed by atoms with E-state index >= 15 is 0 Å². The standard InChI is InChI=1S/C9H14N2/c1-10-5-7-4-9(11-6-7)8-2-3-8/h4,8,10H,2-3,5-6H2,1H3. The molecule has 2 rings (SSSR count). The molecule has 0 bridgehead atoms. The number of nitrogens with one attached hydrogen (secondary N) is 1. The summed E-state index contributed by atoms with van der Waals surface area (Å²) in [5.74, 6) is 0.823. The minimum atomic E-state index is 0.823. The van der Waals surface area contributed by atoms with E-state index in [1.165, 1.54) is 24.1 Å². The van der Waals surface area contributed by atoms with Crippen LogP contribution in [0.15, 0.2) is 16.6 Å². The van der Waals surface area contributed by atoms with Crippen molar-refractivity contribution in [2.75, 3.05) is 20.1 Å². The third kappa shape index (κ3) is 1.51. The minimum absolute atomic E-state index is 0.823. The Morgan fingerprint density at radius 2 is 2.45 bits per heavy atom. The normalized spacial score (nSPS) is 23.4. The number of nitrogens with zero attached hydrogens (tertiary/aromatic N) is 1. The van der Waals surface area contributed by atoms with E-state index in [0.717, 1.165) is 19.0 Å². The molecule has 0 atom stereocenters. The fourth-order valence-electron chi connectivity index (χ4n) is 1.45. The van der Waals surface area contributed by atoms with Crippen LogP contribution < -0.4 is 5.32 Å². The second-order valence-corrected chi connectivity index (χ2v) is 3.35. The molecule has 1 aliphatic carbocycles. The van der Waals surface area contributed by atoms with Gasteiger partial charge < -0.3 is 5.32 Å². The smallest absolute Gasteiger partial charge is 0.0619 e. The summed E-state index contributed by atoms with van der Waals surface area (Å²) < 4.78 is 0. The fraction of sp³-hybridized carbons (Fsp3) is 0.667. The molecule has 0 unspecified atom stereocenters. The summed E-state index contributed by atoms with van der Waals surface area (Å²) in [6, 6.07) is 0. The largest absolute Gasteiger partial charge is 0.316 e. The number of hydrogen-bond donors (Lipinski definition) is 1. The Morgan fingerprint density at radius 3 is 3.09 bits per heavy atom. The van der Waals surface area contributed by atoms with Crippen molar-refractivity contribution in [2.45, 2.75) is 12.8 Å². The van der Waals surface area contributed by atoms with Gasteiger partial charge >= 0.3 is 0 Å². The molecule has 60 valence electrons. The van der Waals surface area contributed by atoms with Crippen molar-refractivity contribution in [1.29, 1.82) is 0 Å². The van der Waals surface area contributed by atoms with Crippen molar-refractivity contribution in [1.82, 2.24) is 5.32 Å². The second-order valence-electron chi connectivity index (χ2n) is 3.35. The molecular formula is C9H14N2. The van der Waals surface area contributed by atoms with Crippen molar-refractivity contribution in [3.8, 4) is 0 Å². The van der Waals surface area contributed by atoms with E-state index in [2.05, 4.69) is 16.4 Å². The Kier molecular flexibility index (Phi) is 1.78. The minimum Gasteiger partial charge on any atom is -0.316 e. The highest BCUT2D eigenvalue weighted by molar-refractivity contribution is 6.00. The van der Waals surface area contributed by atoms with Crippen molar-refractivity contribution in [2.24, 2.45) is 10.9 Å². The van der Waals surface area contributed by atoms with E-state index in [4.69, 9.17) is 0 Å². The average molecular weight is 150 g/mol. The zero-order chi connectivity index (χ0) is 7.68. The van der Waals surface area contributed by atoms with Crippen LogP contribution in [0.1, 0.15) is 12.8 Å². The zero-order valence-electron chi connectivity index (χ0n) is 6.93. The van der Waals surface area contributed by atoms with Crippen LogP contribution in [0.4, 0.5) is 0 Å². The van der Waals surface area contributed by atoms with Gasteiger partial charge in [0.05, 0.1) is 6.54 Å². The van der Waals surface area contributed by atoms with Gasteiger partial charge in [-0.2, -0.15) is 0 Å². The lowest BCUT2D eigenvalue weighted by Crippen LogP contribution is -2.10. The fourth-order valence-corrected chi connectivity index (χ4v) is 1.45. The van der Waals surface area contributed by atoms with E-state index in [-0.39, 0.29) is 0 Å². The first-order valence-electron chi connectivity index (χ1n) is 4.28. The van der Waals surface area contributed by atoms with Crippen LogP contribution in [-0.4, -0.2) is 25.8 Å². The van der Waals surface area contributed by atoms with Gasteiger partial charge in [-0.25, -0.2) is 0 Å². The van der Waals surface area contributed by atoms with Crippen molar-refractivity contribution in [3.05, 3.63) is 11.6 Å². The first-order valence-corrected chi connectivity index (χ1v) is 4.28. The maximum Gasteiger partial charge on any atom is 0.0619 e. The molecule has 1 fully saturated rings. The molecule has 0 amide bonds. The maximum absolute atomic E-state index is 4.48. The lowest BCUT2D eigenvalue weighted by atomic mass is 10.2. The highest BCUT2D eigenvalue weighted by Crippen LogP contribution is 2.32. The highest BCUT2D eigenvalue weighted by Gasteiger charge is 2.27. The molecular weight excluding hydrogens is 136 g/mol. The van der Waals surface area contributed by atoms with Crippen molar-refractivity contribution in [3.63, 3.8) is 0 Å². The molecule has 1 N–H and O–H groups in total. The molecule has 1 heterocycles. The predicted molar refractivity (Wildman–Crippen MR) is 47.0 cm³/mol. The lowest BCUT2D eigenvalue weighted by Gasteiger charge is -1.95. The lowest BCUT2D eigenvalue weighted by molar-refractivity contribution is 0.865. The van der Waals surface area contributed by atoms with Gasteiger partial charge in [0.1, 0.15) is 0 Å².